The molecule has 24 heavy (non-hydrogen) atoms. The topological polar surface area (TPSA) is 54.5 Å². The van der Waals surface area contributed by atoms with Crippen LogP contribution >= 0.6 is 0 Å². The molecule has 5 nitrogen and oxygen atoms in total. The molecule has 1 saturated heterocycles. The van der Waals surface area contributed by atoms with Gasteiger partial charge in [0.05, 0.1) is 12.8 Å². The van der Waals surface area contributed by atoms with Crippen LogP contribution in [0.15, 0.2) is 48.7 Å². The van der Waals surface area contributed by atoms with Crippen molar-refractivity contribution < 1.29 is 9.53 Å². The Morgan fingerprint density at radius 2 is 2.08 bits per heavy atom. The number of aromatic nitrogens is 1. The first-order chi connectivity index (χ1) is 11.7. The number of rotatable bonds is 7. The third-order valence-electron chi connectivity index (χ3n) is 4.34. The number of nitrogens with zero attached hydrogens (tertiary/aromatic N) is 2. The number of likely N-dealkylation sites (tertiary alicyclic amines) is 1. The summed E-state index contributed by atoms with van der Waals surface area (Å²) in [5, 5.41) is 3.43. The molecule has 2 aromatic rings. The van der Waals surface area contributed by atoms with Gasteiger partial charge in [-0.2, -0.15) is 0 Å². The van der Waals surface area contributed by atoms with Crippen molar-refractivity contribution in [3.63, 3.8) is 0 Å². The van der Waals surface area contributed by atoms with E-state index in [9.17, 15) is 4.79 Å². The van der Waals surface area contributed by atoms with E-state index >= 15 is 0 Å². The number of carbonyl (C=O) groups excluding carboxylic acids is 1. The van der Waals surface area contributed by atoms with Gasteiger partial charge in [-0.15, -0.1) is 0 Å². The zero-order valence-electron chi connectivity index (χ0n) is 13.9. The summed E-state index contributed by atoms with van der Waals surface area (Å²) in [5.74, 6) is 1.08. The molecule has 3 rings (SSSR count). The van der Waals surface area contributed by atoms with E-state index in [1.165, 1.54) is 5.56 Å². The summed E-state index contributed by atoms with van der Waals surface area (Å²) >= 11 is 0. The van der Waals surface area contributed by atoms with Gasteiger partial charge >= 0.3 is 0 Å². The summed E-state index contributed by atoms with van der Waals surface area (Å²) in [6.45, 7) is 2.22. The van der Waals surface area contributed by atoms with E-state index in [4.69, 9.17) is 4.74 Å². The molecule has 0 bridgehead atoms. The van der Waals surface area contributed by atoms with Crippen LogP contribution in [0.3, 0.4) is 0 Å². The lowest BCUT2D eigenvalue weighted by molar-refractivity contribution is -0.127. The maximum absolute atomic E-state index is 12.2. The third-order valence-corrected chi connectivity index (χ3v) is 4.34. The second-order valence-corrected chi connectivity index (χ2v) is 6.04. The molecule has 1 aromatic carbocycles. The fourth-order valence-corrected chi connectivity index (χ4v) is 2.93. The first-order valence-corrected chi connectivity index (χ1v) is 8.28. The van der Waals surface area contributed by atoms with Gasteiger partial charge in [-0.05, 0) is 36.2 Å². The SMILES string of the molecule is COc1ccc(CCN2CC(NCc3ccccn3)CC2=O)cc1. The van der Waals surface area contributed by atoms with Crippen LogP contribution in [0.25, 0.3) is 0 Å². The number of methoxy groups -OCH3 is 1. The van der Waals surface area contributed by atoms with Crippen molar-refractivity contribution in [3.8, 4) is 5.75 Å². The lowest BCUT2D eigenvalue weighted by atomic mass is 10.1. The number of pyridine rings is 1. The molecule has 1 fully saturated rings. The van der Waals surface area contributed by atoms with E-state index in [1.54, 1.807) is 13.3 Å². The van der Waals surface area contributed by atoms with Crippen molar-refractivity contribution in [2.45, 2.75) is 25.4 Å². The second-order valence-electron chi connectivity index (χ2n) is 6.04. The normalized spacial score (nSPS) is 17.3. The highest BCUT2D eigenvalue weighted by Gasteiger charge is 2.28. The second kappa shape index (κ2) is 7.93. The van der Waals surface area contributed by atoms with Crippen LogP contribution in [0.4, 0.5) is 0 Å². The summed E-state index contributed by atoms with van der Waals surface area (Å²) in [4.78, 5) is 18.4. The fourth-order valence-electron chi connectivity index (χ4n) is 2.93. The van der Waals surface area contributed by atoms with Gasteiger partial charge in [-0.1, -0.05) is 18.2 Å². The molecule has 1 amide bonds. The number of carbonyl (C=O) groups is 1. The number of amides is 1. The quantitative estimate of drug-likeness (QED) is 0.846. The Bertz CT molecular complexity index is 658. The largest absolute Gasteiger partial charge is 0.497 e. The van der Waals surface area contributed by atoms with Crippen LogP contribution in [0.1, 0.15) is 17.7 Å². The van der Waals surface area contributed by atoms with Crippen LogP contribution in [-0.4, -0.2) is 42.0 Å². The summed E-state index contributed by atoms with van der Waals surface area (Å²) in [7, 11) is 1.66. The average molecular weight is 325 g/mol. The lowest BCUT2D eigenvalue weighted by Gasteiger charge is -2.17. The van der Waals surface area contributed by atoms with Crippen LogP contribution < -0.4 is 10.1 Å². The van der Waals surface area contributed by atoms with Gasteiger partial charge in [0.2, 0.25) is 5.91 Å². The molecule has 2 heterocycles. The lowest BCUT2D eigenvalue weighted by Crippen LogP contribution is -2.33. The van der Waals surface area contributed by atoms with Gasteiger partial charge in [-0.25, -0.2) is 0 Å². The Hall–Kier alpha value is -2.40. The molecule has 5 heteroatoms. The molecule has 0 spiro atoms. The molecule has 1 aliphatic rings. The third kappa shape index (κ3) is 4.32. The maximum atomic E-state index is 12.2. The van der Waals surface area contributed by atoms with Gasteiger partial charge in [0, 0.05) is 38.3 Å². The van der Waals surface area contributed by atoms with E-state index in [0.29, 0.717) is 13.0 Å². The van der Waals surface area contributed by atoms with Crippen molar-refractivity contribution in [2.24, 2.45) is 0 Å². The monoisotopic (exact) mass is 325 g/mol. The van der Waals surface area contributed by atoms with Crippen molar-refractivity contribution in [1.29, 1.82) is 0 Å². The first-order valence-electron chi connectivity index (χ1n) is 8.28. The number of ether oxygens (including phenoxy) is 1. The first kappa shape index (κ1) is 16.5. The van der Waals surface area contributed by atoms with Crippen LogP contribution in [0.2, 0.25) is 0 Å². The molecule has 0 radical (unpaired) electrons. The summed E-state index contributed by atoms with van der Waals surface area (Å²) in [6, 6.07) is 14.1. The Kier molecular flexibility index (Phi) is 5.43. The van der Waals surface area contributed by atoms with Gasteiger partial charge in [0.15, 0.2) is 0 Å². The van der Waals surface area contributed by atoms with Gasteiger partial charge in [-0.3, -0.25) is 9.78 Å². The Labute approximate surface area is 142 Å². The molecule has 1 atom stereocenters. The molecule has 0 aliphatic carbocycles. The molecule has 126 valence electrons. The highest BCUT2D eigenvalue weighted by Crippen LogP contribution is 2.15. The van der Waals surface area contributed by atoms with E-state index in [2.05, 4.69) is 22.4 Å². The van der Waals surface area contributed by atoms with Gasteiger partial charge < -0.3 is 15.0 Å². The zero-order chi connectivity index (χ0) is 16.8. The summed E-state index contributed by atoms with van der Waals surface area (Å²) < 4.78 is 5.16. The molecule has 1 aromatic heterocycles. The minimum atomic E-state index is 0.204. The smallest absolute Gasteiger partial charge is 0.224 e. The zero-order valence-corrected chi connectivity index (χ0v) is 13.9. The molecule has 1 aliphatic heterocycles. The highest BCUT2D eigenvalue weighted by molar-refractivity contribution is 5.79. The predicted molar refractivity (Wildman–Crippen MR) is 92.8 cm³/mol. The Morgan fingerprint density at radius 3 is 2.79 bits per heavy atom. The molecule has 1 N–H and O–H groups in total. The minimum absolute atomic E-state index is 0.204. The summed E-state index contributed by atoms with van der Waals surface area (Å²) in [5.41, 5.74) is 2.22. The van der Waals surface area contributed by atoms with Crippen LogP contribution in [0, 0.1) is 0 Å². The standard InChI is InChI=1S/C19H23N3O2/c1-24-18-7-5-15(6-8-18)9-11-22-14-17(12-19(22)23)21-13-16-4-2-3-10-20-16/h2-8,10,17,21H,9,11-14H2,1H3. The molecule has 0 saturated carbocycles. The summed E-state index contributed by atoms with van der Waals surface area (Å²) in [6.07, 6.45) is 3.22. The van der Waals surface area contributed by atoms with E-state index in [0.717, 1.165) is 31.0 Å². The fraction of sp³-hybridized carbons (Fsp3) is 0.368. The number of nitrogens with one attached hydrogen (secondary N) is 1. The average Bonchev–Trinajstić information content (AvgIpc) is 2.99. The van der Waals surface area contributed by atoms with Crippen molar-refractivity contribution in [1.82, 2.24) is 15.2 Å². The van der Waals surface area contributed by atoms with E-state index < -0.39 is 0 Å². The van der Waals surface area contributed by atoms with E-state index in [1.807, 2.05) is 35.2 Å². The van der Waals surface area contributed by atoms with Crippen molar-refractivity contribution in [3.05, 3.63) is 59.9 Å². The highest BCUT2D eigenvalue weighted by atomic mass is 16.5. The number of hydrogen-bond acceptors (Lipinski definition) is 4. The Balaban J connectivity index is 1.46. The van der Waals surface area contributed by atoms with Crippen LogP contribution in [-0.2, 0) is 17.8 Å². The number of hydrogen-bond donors (Lipinski definition) is 1. The maximum Gasteiger partial charge on any atom is 0.224 e. The van der Waals surface area contributed by atoms with Crippen LogP contribution in [0.5, 0.6) is 5.75 Å². The van der Waals surface area contributed by atoms with Gasteiger partial charge in [0.25, 0.3) is 0 Å². The number of benzene rings is 1. The van der Waals surface area contributed by atoms with Crippen molar-refractivity contribution in [2.75, 3.05) is 20.2 Å². The predicted octanol–water partition coefficient (Wildman–Crippen LogP) is 2.02. The Morgan fingerprint density at radius 1 is 1.25 bits per heavy atom. The van der Waals surface area contributed by atoms with E-state index in [-0.39, 0.29) is 11.9 Å². The molecular formula is C19H23N3O2. The molecular weight excluding hydrogens is 302 g/mol. The van der Waals surface area contributed by atoms with Gasteiger partial charge in [0.1, 0.15) is 5.75 Å². The van der Waals surface area contributed by atoms with Crippen molar-refractivity contribution >= 4 is 5.91 Å². The minimum Gasteiger partial charge on any atom is -0.497 e. The molecule has 1 unspecified atom stereocenters.